The first-order chi connectivity index (χ1) is 14.6. The number of hydrogen-bond acceptors (Lipinski definition) is 6. The van der Waals surface area contributed by atoms with Crippen molar-refractivity contribution in [2.24, 2.45) is 0 Å². The van der Waals surface area contributed by atoms with E-state index in [4.69, 9.17) is 9.84 Å². The fraction of sp³-hybridized carbons (Fsp3) is 0.391. The highest BCUT2D eigenvalue weighted by atomic mass is 16.6. The summed E-state index contributed by atoms with van der Waals surface area (Å²) in [6.45, 7) is 3.72. The number of amides is 1. The number of aromatic hydroxyl groups is 1. The summed E-state index contributed by atoms with van der Waals surface area (Å²) in [6, 6.07) is 17.2. The van der Waals surface area contributed by atoms with Crippen LogP contribution in [0.2, 0.25) is 0 Å². The monoisotopic (exact) mass is 423 g/mol. The SMILES string of the molecule is C.CCOC(=O)N1CCC(c2ccccc2)(c2nnn(Cc3cccc(O)c3)n2)CC1. The second kappa shape index (κ2) is 9.59. The first-order valence-electron chi connectivity index (χ1n) is 10.1. The van der Waals surface area contributed by atoms with Gasteiger partial charge in [-0.2, -0.15) is 4.80 Å². The quantitative estimate of drug-likeness (QED) is 0.674. The van der Waals surface area contributed by atoms with E-state index in [-0.39, 0.29) is 19.3 Å². The van der Waals surface area contributed by atoms with Gasteiger partial charge in [0.05, 0.1) is 18.6 Å². The molecule has 1 amide bonds. The number of aromatic nitrogens is 4. The molecule has 4 rings (SSSR count). The summed E-state index contributed by atoms with van der Waals surface area (Å²) in [5.74, 6) is 0.859. The topological polar surface area (TPSA) is 93.4 Å². The van der Waals surface area contributed by atoms with Gasteiger partial charge >= 0.3 is 6.09 Å². The van der Waals surface area contributed by atoms with Crippen LogP contribution < -0.4 is 0 Å². The fourth-order valence-electron chi connectivity index (χ4n) is 4.00. The maximum atomic E-state index is 12.2. The summed E-state index contributed by atoms with van der Waals surface area (Å²) < 4.78 is 5.16. The van der Waals surface area contributed by atoms with Crippen LogP contribution in [0.15, 0.2) is 54.6 Å². The van der Waals surface area contributed by atoms with Crippen molar-refractivity contribution in [2.75, 3.05) is 19.7 Å². The molecule has 1 aliphatic heterocycles. The van der Waals surface area contributed by atoms with Gasteiger partial charge in [-0.15, -0.1) is 10.2 Å². The Bertz CT molecular complexity index is 997. The second-order valence-electron chi connectivity index (χ2n) is 7.45. The van der Waals surface area contributed by atoms with Crippen molar-refractivity contribution in [3.63, 3.8) is 0 Å². The Labute approximate surface area is 182 Å². The van der Waals surface area contributed by atoms with E-state index in [1.807, 2.05) is 31.2 Å². The third kappa shape index (κ3) is 4.68. The number of piperidine rings is 1. The minimum Gasteiger partial charge on any atom is -0.508 e. The highest BCUT2D eigenvalue weighted by Crippen LogP contribution is 2.39. The molecular weight excluding hydrogens is 394 g/mol. The molecule has 164 valence electrons. The molecule has 1 saturated heterocycles. The van der Waals surface area contributed by atoms with Gasteiger partial charge in [-0.3, -0.25) is 0 Å². The van der Waals surface area contributed by atoms with Crippen LogP contribution in [0.5, 0.6) is 5.75 Å². The zero-order valence-electron chi connectivity index (χ0n) is 16.9. The molecule has 1 N–H and O–H groups in total. The van der Waals surface area contributed by atoms with Crippen LogP contribution in [0.3, 0.4) is 0 Å². The predicted molar refractivity (Wildman–Crippen MR) is 117 cm³/mol. The largest absolute Gasteiger partial charge is 0.508 e. The molecule has 0 spiro atoms. The Hall–Kier alpha value is -3.42. The molecule has 8 nitrogen and oxygen atoms in total. The Morgan fingerprint density at radius 2 is 1.87 bits per heavy atom. The summed E-state index contributed by atoms with van der Waals surface area (Å²) >= 11 is 0. The van der Waals surface area contributed by atoms with Gasteiger partial charge in [0, 0.05) is 13.1 Å². The minimum atomic E-state index is -0.415. The molecule has 0 atom stereocenters. The molecule has 0 bridgehead atoms. The molecule has 3 aromatic rings. The zero-order chi connectivity index (χ0) is 21.0. The van der Waals surface area contributed by atoms with E-state index >= 15 is 0 Å². The summed E-state index contributed by atoms with van der Waals surface area (Å²) in [6.07, 6.45) is 1.10. The molecular formula is C23H29N5O3. The zero-order valence-corrected chi connectivity index (χ0v) is 16.9. The Kier molecular flexibility index (Phi) is 6.89. The van der Waals surface area contributed by atoms with E-state index in [0.717, 1.165) is 11.1 Å². The van der Waals surface area contributed by atoms with Gasteiger partial charge in [-0.05, 0) is 48.2 Å². The highest BCUT2D eigenvalue weighted by Gasteiger charge is 2.42. The molecule has 1 fully saturated rings. The van der Waals surface area contributed by atoms with Crippen LogP contribution >= 0.6 is 0 Å². The molecule has 8 heteroatoms. The lowest BCUT2D eigenvalue weighted by atomic mass is 9.72. The van der Waals surface area contributed by atoms with E-state index in [2.05, 4.69) is 22.4 Å². The lowest BCUT2D eigenvalue weighted by Crippen LogP contribution is -2.46. The second-order valence-corrected chi connectivity index (χ2v) is 7.45. The van der Waals surface area contributed by atoms with Crippen molar-refractivity contribution >= 4 is 6.09 Å². The maximum Gasteiger partial charge on any atom is 0.409 e. The van der Waals surface area contributed by atoms with Gasteiger partial charge in [0.2, 0.25) is 0 Å². The van der Waals surface area contributed by atoms with Crippen LogP contribution in [-0.4, -0.2) is 56.0 Å². The summed E-state index contributed by atoms with van der Waals surface area (Å²) in [5.41, 5.74) is 1.59. The Morgan fingerprint density at radius 3 is 2.55 bits per heavy atom. The lowest BCUT2D eigenvalue weighted by Gasteiger charge is -2.39. The van der Waals surface area contributed by atoms with Gasteiger partial charge in [0.1, 0.15) is 5.75 Å². The van der Waals surface area contributed by atoms with Crippen molar-refractivity contribution in [1.29, 1.82) is 0 Å². The average molecular weight is 424 g/mol. The minimum absolute atomic E-state index is 0. The summed E-state index contributed by atoms with van der Waals surface area (Å²) in [7, 11) is 0. The van der Waals surface area contributed by atoms with Gasteiger partial charge < -0.3 is 14.7 Å². The van der Waals surface area contributed by atoms with Gasteiger partial charge in [0.15, 0.2) is 5.82 Å². The summed E-state index contributed by atoms with van der Waals surface area (Å²) in [5, 5.41) is 23.0. The number of rotatable bonds is 5. The third-order valence-corrected chi connectivity index (χ3v) is 5.58. The van der Waals surface area contributed by atoms with Crippen molar-refractivity contribution in [3.8, 4) is 5.75 Å². The number of likely N-dealkylation sites (tertiary alicyclic amines) is 1. The number of phenolic OH excluding ortho intramolecular Hbond substituents is 1. The van der Waals surface area contributed by atoms with Gasteiger partial charge in [0.25, 0.3) is 0 Å². The third-order valence-electron chi connectivity index (χ3n) is 5.58. The molecule has 0 aliphatic carbocycles. The number of ether oxygens (including phenoxy) is 1. The van der Waals surface area contributed by atoms with Crippen LogP contribution in [0.4, 0.5) is 4.79 Å². The summed E-state index contributed by atoms with van der Waals surface area (Å²) in [4.78, 5) is 15.4. The Morgan fingerprint density at radius 1 is 1.13 bits per heavy atom. The number of benzene rings is 2. The predicted octanol–water partition coefficient (Wildman–Crippen LogP) is 3.60. The van der Waals surface area contributed by atoms with Crippen LogP contribution in [0.25, 0.3) is 0 Å². The number of hydrogen-bond donors (Lipinski definition) is 1. The van der Waals surface area contributed by atoms with E-state index in [1.54, 1.807) is 27.9 Å². The molecule has 0 unspecified atom stereocenters. The van der Waals surface area contributed by atoms with Crippen molar-refractivity contribution < 1.29 is 14.6 Å². The maximum absolute atomic E-state index is 12.2. The molecule has 1 aromatic heterocycles. The van der Waals surface area contributed by atoms with E-state index in [1.165, 1.54) is 0 Å². The number of nitrogens with zero attached hydrogens (tertiary/aromatic N) is 5. The number of phenols is 1. The molecule has 2 heterocycles. The molecule has 2 aromatic carbocycles. The normalized spacial score (nSPS) is 15.2. The first-order valence-corrected chi connectivity index (χ1v) is 10.1. The average Bonchev–Trinajstić information content (AvgIpc) is 3.23. The van der Waals surface area contributed by atoms with Gasteiger partial charge in [-0.25, -0.2) is 4.79 Å². The highest BCUT2D eigenvalue weighted by molar-refractivity contribution is 5.67. The Balaban J connectivity index is 0.00000272. The van der Waals surface area contributed by atoms with E-state index in [9.17, 15) is 9.90 Å². The molecule has 0 radical (unpaired) electrons. The van der Waals surface area contributed by atoms with E-state index in [0.29, 0.717) is 44.9 Å². The van der Waals surface area contributed by atoms with Crippen LogP contribution in [0.1, 0.15) is 44.1 Å². The van der Waals surface area contributed by atoms with Crippen molar-refractivity contribution in [3.05, 3.63) is 71.5 Å². The smallest absolute Gasteiger partial charge is 0.409 e. The van der Waals surface area contributed by atoms with Crippen LogP contribution in [-0.2, 0) is 16.7 Å². The molecule has 31 heavy (non-hydrogen) atoms. The standard InChI is InChI=1S/C22H25N5O3.CH4/c1-2-30-21(29)26-13-11-22(12-14-26,18-8-4-3-5-9-18)20-23-25-27(24-20)16-17-7-6-10-19(28)15-17;/h3-10,15,28H,2,11-14,16H2,1H3;1H4. The van der Waals surface area contributed by atoms with Crippen molar-refractivity contribution in [2.45, 2.75) is 39.2 Å². The number of carbonyl (C=O) groups is 1. The number of tetrazole rings is 1. The van der Waals surface area contributed by atoms with Crippen LogP contribution in [0, 0.1) is 0 Å². The molecule has 1 aliphatic rings. The van der Waals surface area contributed by atoms with Gasteiger partial charge in [-0.1, -0.05) is 49.9 Å². The van der Waals surface area contributed by atoms with E-state index < -0.39 is 5.41 Å². The molecule has 0 saturated carbocycles. The lowest BCUT2D eigenvalue weighted by molar-refractivity contribution is 0.0897. The first kappa shape index (κ1) is 22.3. The van der Waals surface area contributed by atoms with Crippen molar-refractivity contribution in [1.82, 2.24) is 25.1 Å². The number of carbonyl (C=O) groups excluding carboxylic acids is 1. The fourth-order valence-corrected chi connectivity index (χ4v) is 4.00.